The fourth-order valence-electron chi connectivity index (χ4n) is 2.28. The van der Waals surface area contributed by atoms with Crippen LogP contribution >= 0.6 is 0 Å². The van der Waals surface area contributed by atoms with Gasteiger partial charge in [0, 0.05) is 50.1 Å². The van der Waals surface area contributed by atoms with Gasteiger partial charge in [-0.05, 0) is 13.8 Å². The van der Waals surface area contributed by atoms with Crippen LogP contribution in [0.4, 0.5) is 0 Å². The van der Waals surface area contributed by atoms with Crippen LogP contribution in [0.3, 0.4) is 0 Å². The zero-order valence-electron chi connectivity index (χ0n) is 11.0. The number of aromatic nitrogens is 2. The molecule has 1 aliphatic rings. The first kappa shape index (κ1) is 13.4. The Morgan fingerprint density at radius 2 is 2.17 bits per heavy atom. The molecule has 0 bridgehead atoms. The van der Waals surface area contributed by atoms with Gasteiger partial charge in [0.15, 0.2) is 5.82 Å². The monoisotopic (exact) mass is 252 g/mol. The number of rotatable bonds is 4. The Morgan fingerprint density at radius 1 is 1.44 bits per heavy atom. The molecule has 2 rings (SSSR count). The van der Waals surface area contributed by atoms with E-state index in [0.717, 1.165) is 24.1 Å². The van der Waals surface area contributed by atoms with Crippen LogP contribution in [0, 0.1) is 6.92 Å². The van der Waals surface area contributed by atoms with E-state index >= 15 is 0 Å². The third-order valence-corrected chi connectivity index (χ3v) is 3.38. The van der Waals surface area contributed by atoms with Gasteiger partial charge in [-0.2, -0.15) is 0 Å². The molecule has 0 amide bonds. The lowest BCUT2D eigenvalue weighted by Gasteiger charge is -2.35. The molecule has 0 atom stereocenters. The van der Waals surface area contributed by atoms with Crippen molar-refractivity contribution in [3.63, 3.8) is 0 Å². The van der Waals surface area contributed by atoms with Crippen molar-refractivity contribution in [2.45, 2.75) is 38.9 Å². The number of aryl methyl sites for hydroxylation is 1. The van der Waals surface area contributed by atoms with Crippen molar-refractivity contribution in [3.8, 4) is 0 Å². The summed E-state index contributed by atoms with van der Waals surface area (Å²) in [7, 11) is 0. The van der Waals surface area contributed by atoms with Crippen LogP contribution < -0.4 is 0 Å². The molecule has 18 heavy (non-hydrogen) atoms. The Kier molecular flexibility index (Phi) is 4.27. The first-order chi connectivity index (χ1) is 8.72. The number of hydrogen-bond acceptors (Lipinski definition) is 5. The van der Waals surface area contributed by atoms with E-state index in [2.05, 4.69) is 9.97 Å². The Hall–Kier alpha value is -1.04. The number of ether oxygens (including phenoxy) is 2. The maximum atomic E-state index is 9.16. The Morgan fingerprint density at radius 3 is 2.72 bits per heavy atom. The third kappa shape index (κ3) is 2.53. The molecule has 1 saturated heterocycles. The molecule has 0 unspecified atom stereocenters. The van der Waals surface area contributed by atoms with E-state index < -0.39 is 5.60 Å². The standard InChI is InChI=1S/C13H20N2O3/c1-3-18-13(4-6-17-7-5-13)12-14-8-11(9-16)10(2)15-12/h8,16H,3-7,9H2,1-2H3. The average molecular weight is 252 g/mol. The SMILES string of the molecule is CCOC1(c2ncc(CO)c(C)n2)CCOCC1. The molecule has 0 radical (unpaired) electrons. The summed E-state index contributed by atoms with van der Waals surface area (Å²) >= 11 is 0. The van der Waals surface area contributed by atoms with Gasteiger partial charge in [0.05, 0.1) is 6.61 Å². The van der Waals surface area contributed by atoms with Crippen LogP contribution in [0.2, 0.25) is 0 Å². The number of nitrogens with zero attached hydrogens (tertiary/aromatic N) is 2. The molecule has 5 heteroatoms. The maximum absolute atomic E-state index is 9.16. The molecule has 2 heterocycles. The predicted octanol–water partition coefficient (Wildman–Crippen LogP) is 1.32. The highest BCUT2D eigenvalue weighted by atomic mass is 16.5. The van der Waals surface area contributed by atoms with E-state index in [1.165, 1.54) is 0 Å². The summed E-state index contributed by atoms with van der Waals surface area (Å²) in [6.07, 6.45) is 3.24. The Bertz CT molecular complexity index is 398. The minimum Gasteiger partial charge on any atom is -0.392 e. The first-order valence-electron chi connectivity index (χ1n) is 6.37. The molecule has 0 aromatic carbocycles. The van der Waals surface area contributed by atoms with Gasteiger partial charge >= 0.3 is 0 Å². The van der Waals surface area contributed by atoms with Crippen LogP contribution in [0.5, 0.6) is 0 Å². The van der Waals surface area contributed by atoms with Crippen LogP contribution in [0.1, 0.15) is 36.8 Å². The highest BCUT2D eigenvalue weighted by molar-refractivity contribution is 5.18. The van der Waals surface area contributed by atoms with Crippen molar-refractivity contribution in [3.05, 3.63) is 23.3 Å². The minimum atomic E-state index is -0.425. The first-order valence-corrected chi connectivity index (χ1v) is 6.37. The molecule has 5 nitrogen and oxygen atoms in total. The minimum absolute atomic E-state index is 0.0309. The number of aliphatic hydroxyl groups excluding tert-OH is 1. The van der Waals surface area contributed by atoms with Crippen molar-refractivity contribution >= 4 is 0 Å². The zero-order chi connectivity index (χ0) is 13.0. The molecule has 1 N–H and O–H groups in total. The summed E-state index contributed by atoms with van der Waals surface area (Å²) in [6, 6.07) is 0. The number of hydrogen-bond donors (Lipinski definition) is 1. The summed E-state index contributed by atoms with van der Waals surface area (Å²) in [5.41, 5.74) is 1.15. The van der Waals surface area contributed by atoms with Crippen molar-refractivity contribution < 1.29 is 14.6 Å². The van der Waals surface area contributed by atoms with E-state index in [0.29, 0.717) is 25.6 Å². The molecule has 0 aliphatic carbocycles. The van der Waals surface area contributed by atoms with Crippen LogP contribution in [0.15, 0.2) is 6.20 Å². The molecule has 0 saturated carbocycles. The molecular formula is C13H20N2O3. The highest BCUT2D eigenvalue weighted by Crippen LogP contribution is 2.34. The van der Waals surface area contributed by atoms with Gasteiger partial charge in [-0.25, -0.2) is 9.97 Å². The van der Waals surface area contributed by atoms with Crippen molar-refractivity contribution in [1.29, 1.82) is 0 Å². The lowest BCUT2D eigenvalue weighted by Crippen LogP contribution is -2.38. The van der Waals surface area contributed by atoms with E-state index in [1.54, 1.807) is 6.20 Å². The quantitative estimate of drug-likeness (QED) is 0.875. The molecule has 0 spiro atoms. The van der Waals surface area contributed by atoms with Gasteiger partial charge in [-0.15, -0.1) is 0 Å². The highest BCUT2D eigenvalue weighted by Gasteiger charge is 2.38. The zero-order valence-corrected chi connectivity index (χ0v) is 11.0. The van der Waals surface area contributed by atoms with E-state index in [9.17, 15) is 0 Å². The number of aliphatic hydroxyl groups is 1. The second kappa shape index (κ2) is 5.73. The molecule has 1 aromatic heterocycles. The van der Waals surface area contributed by atoms with E-state index in [4.69, 9.17) is 14.6 Å². The third-order valence-electron chi connectivity index (χ3n) is 3.38. The second-order valence-electron chi connectivity index (χ2n) is 4.50. The normalized spacial score (nSPS) is 18.8. The van der Waals surface area contributed by atoms with Crippen molar-refractivity contribution in [1.82, 2.24) is 9.97 Å². The molecule has 100 valence electrons. The van der Waals surface area contributed by atoms with Crippen molar-refractivity contribution in [2.24, 2.45) is 0 Å². The molecule has 1 aromatic rings. The lowest BCUT2D eigenvalue weighted by atomic mass is 9.92. The summed E-state index contributed by atoms with van der Waals surface area (Å²) < 4.78 is 11.3. The summed E-state index contributed by atoms with van der Waals surface area (Å²) in [6.45, 7) is 5.80. The van der Waals surface area contributed by atoms with Crippen LogP contribution in [-0.2, 0) is 21.7 Å². The molecular weight excluding hydrogens is 232 g/mol. The second-order valence-corrected chi connectivity index (χ2v) is 4.50. The summed E-state index contributed by atoms with van der Waals surface area (Å²) in [5, 5.41) is 9.16. The molecule has 1 fully saturated rings. The average Bonchev–Trinajstić information content (AvgIpc) is 2.40. The molecule has 1 aliphatic heterocycles. The van der Waals surface area contributed by atoms with Gasteiger partial charge in [0.2, 0.25) is 0 Å². The summed E-state index contributed by atoms with van der Waals surface area (Å²) in [4.78, 5) is 8.88. The van der Waals surface area contributed by atoms with Crippen LogP contribution in [0.25, 0.3) is 0 Å². The van der Waals surface area contributed by atoms with Crippen LogP contribution in [-0.4, -0.2) is 34.9 Å². The van der Waals surface area contributed by atoms with Gasteiger partial charge in [-0.1, -0.05) is 0 Å². The lowest BCUT2D eigenvalue weighted by molar-refractivity contribution is -0.118. The van der Waals surface area contributed by atoms with E-state index in [-0.39, 0.29) is 6.61 Å². The Balaban J connectivity index is 2.33. The van der Waals surface area contributed by atoms with Crippen molar-refractivity contribution in [2.75, 3.05) is 19.8 Å². The Labute approximate surface area is 107 Å². The predicted molar refractivity (Wildman–Crippen MR) is 66.0 cm³/mol. The van der Waals surface area contributed by atoms with Gasteiger partial charge in [0.1, 0.15) is 5.60 Å². The fourth-order valence-corrected chi connectivity index (χ4v) is 2.28. The fraction of sp³-hybridized carbons (Fsp3) is 0.692. The van der Waals surface area contributed by atoms with Gasteiger partial charge < -0.3 is 14.6 Å². The van der Waals surface area contributed by atoms with E-state index in [1.807, 2.05) is 13.8 Å². The topological polar surface area (TPSA) is 64.5 Å². The van der Waals surface area contributed by atoms with Gasteiger partial charge in [0.25, 0.3) is 0 Å². The van der Waals surface area contributed by atoms with Gasteiger partial charge in [-0.3, -0.25) is 0 Å². The smallest absolute Gasteiger partial charge is 0.160 e. The summed E-state index contributed by atoms with van der Waals surface area (Å²) in [5.74, 6) is 0.711. The maximum Gasteiger partial charge on any atom is 0.160 e. The largest absolute Gasteiger partial charge is 0.392 e.